The molecule has 1 aliphatic carbocycles. The second kappa shape index (κ2) is 4.29. The van der Waals surface area contributed by atoms with E-state index < -0.39 is 5.54 Å². The van der Waals surface area contributed by atoms with Crippen molar-refractivity contribution in [1.82, 2.24) is 30.4 Å². The highest BCUT2D eigenvalue weighted by Gasteiger charge is 2.48. The van der Waals surface area contributed by atoms with Gasteiger partial charge in [-0.1, -0.05) is 12.8 Å². The van der Waals surface area contributed by atoms with Crippen LogP contribution in [0.3, 0.4) is 0 Å². The number of aromatic nitrogens is 4. The Hall–Kier alpha value is -1.99. The number of tetrazole rings is 1. The molecule has 0 radical (unpaired) electrons. The van der Waals surface area contributed by atoms with Gasteiger partial charge in [0.25, 0.3) is 0 Å². The van der Waals surface area contributed by atoms with Crippen LogP contribution in [0.15, 0.2) is 0 Å². The lowest BCUT2D eigenvalue weighted by molar-refractivity contribution is -0.150. The van der Waals surface area contributed by atoms with Crippen LogP contribution in [0.25, 0.3) is 0 Å². The maximum absolute atomic E-state index is 12.5. The Morgan fingerprint density at radius 3 is 2.68 bits per heavy atom. The topological polar surface area (TPSA) is 93.0 Å². The van der Waals surface area contributed by atoms with Crippen LogP contribution in [0, 0.1) is 0 Å². The molecule has 1 saturated heterocycles. The molecule has 3 rings (SSSR count). The normalized spacial score (nSPS) is 22.1. The smallest absolute Gasteiger partial charge is 0.249 e. The first kappa shape index (κ1) is 12.1. The van der Waals surface area contributed by atoms with E-state index >= 15 is 0 Å². The van der Waals surface area contributed by atoms with Crippen molar-refractivity contribution in [2.75, 3.05) is 6.54 Å². The largest absolute Gasteiger partial charge is 0.340 e. The molecular formula is C11H16N6O2. The summed E-state index contributed by atoms with van der Waals surface area (Å²) in [6.07, 6.45) is 3.40. The SMILES string of the molecule is Cn1nnc(CN2CC(=O)NC3(CCCC3)C2=O)n1. The Morgan fingerprint density at radius 1 is 1.32 bits per heavy atom. The minimum atomic E-state index is -0.683. The van der Waals surface area contributed by atoms with E-state index in [0.717, 1.165) is 25.7 Å². The first-order chi connectivity index (χ1) is 9.09. The van der Waals surface area contributed by atoms with Crippen LogP contribution in [0.4, 0.5) is 0 Å². The molecule has 0 bridgehead atoms. The van der Waals surface area contributed by atoms with Gasteiger partial charge < -0.3 is 10.2 Å². The lowest BCUT2D eigenvalue weighted by Crippen LogP contribution is -2.65. The summed E-state index contributed by atoms with van der Waals surface area (Å²) >= 11 is 0. The highest BCUT2D eigenvalue weighted by molar-refractivity contribution is 5.98. The van der Waals surface area contributed by atoms with Crippen molar-refractivity contribution in [1.29, 1.82) is 0 Å². The standard InChI is InChI=1S/C11H16N6O2/c1-16-14-8(13-15-16)6-17-7-9(18)12-11(10(17)19)4-2-3-5-11/h2-7H2,1H3,(H,12,18). The molecule has 19 heavy (non-hydrogen) atoms. The Kier molecular flexibility index (Phi) is 2.72. The second-order valence-corrected chi connectivity index (χ2v) is 5.19. The van der Waals surface area contributed by atoms with Gasteiger partial charge in [0.05, 0.1) is 13.6 Å². The Bertz CT molecular complexity index is 519. The van der Waals surface area contributed by atoms with Gasteiger partial charge in [0.2, 0.25) is 11.8 Å². The number of rotatable bonds is 2. The predicted octanol–water partition coefficient (Wildman–Crippen LogP) is -1.02. The molecule has 8 nitrogen and oxygen atoms in total. The first-order valence-corrected chi connectivity index (χ1v) is 6.42. The van der Waals surface area contributed by atoms with Gasteiger partial charge in [0, 0.05) is 0 Å². The van der Waals surface area contributed by atoms with Crippen molar-refractivity contribution < 1.29 is 9.59 Å². The molecule has 8 heteroatoms. The summed E-state index contributed by atoms with van der Waals surface area (Å²) < 4.78 is 0. The molecule has 1 spiro atoms. The fourth-order valence-corrected chi connectivity index (χ4v) is 2.91. The van der Waals surface area contributed by atoms with Gasteiger partial charge in [-0.05, 0) is 18.1 Å². The molecule has 1 saturated carbocycles. The van der Waals surface area contributed by atoms with Gasteiger partial charge >= 0.3 is 0 Å². The zero-order chi connectivity index (χ0) is 13.5. The maximum atomic E-state index is 12.5. The van der Waals surface area contributed by atoms with E-state index in [-0.39, 0.29) is 24.9 Å². The second-order valence-electron chi connectivity index (χ2n) is 5.19. The molecule has 0 atom stereocenters. The van der Waals surface area contributed by atoms with Crippen LogP contribution in [0.2, 0.25) is 0 Å². The lowest BCUT2D eigenvalue weighted by Gasteiger charge is -2.39. The molecule has 1 aromatic rings. The number of hydrogen-bond acceptors (Lipinski definition) is 5. The Morgan fingerprint density at radius 2 is 2.05 bits per heavy atom. The van der Waals surface area contributed by atoms with Crippen LogP contribution in [0.1, 0.15) is 31.5 Å². The molecule has 0 unspecified atom stereocenters. The van der Waals surface area contributed by atoms with Crippen LogP contribution in [0.5, 0.6) is 0 Å². The van der Waals surface area contributed by atoms with Crippen LogP contribution >= 0.6 is 0 Å². The van der Waals surface area contributed by atoms with Gasteiger partial charge in [-0.2, -0.15) is 4.80 Å². The third-order valence-electron chi connectivity index (χ3n) is 3.75. The highest BCUT2D eigenvalue weighted by atomic mass is 16.2. The van der Waals surface area contributed by atoms with Gasteiger partial charge in [0.15, 0.2) is 5.82 Å². The molecule has 1 N–H and O–H groups in total. The Labute approximate surface area is 110 Å². The van der Waals surface area contributed by atoms with E-state index in [0.29, 0.717) is 5.82 Å². The zero-order valence-electron chi connectivity index (χ0n) is 10.8. The first-order valence-electron chi connectivity index (χ1n) is 6.42. The van der Waals surface area contributed by atoms with Crippen molar-refractivity contribution in [2.24, 2.45) is 7.05 Å². The Balaban J connectivity index is 1.80. The minimum absolute atomic E-state index is 0.0166. The number of aryl methyl sites for hydroxylation is 1. The predicted molar refractivity (Wildman–Crippen MR) is 63.6 cm³/mol. The molecule has 102 valence electrons. The number of hydrogen-bond donors (Lipinski definition) is 1. The molecule has 1 aromatic heterocycles. The molecular weight excluding hydrogens is 248 g/mol. The summed E-state index contributed by atoms with van der Waals surface area (Å²) in [7, 11) is 1.67. The van der Waals surface area contributed by atoms with E-state index in [1.807, 2.05) is 0 Å². The summed E-state index contributed by atoms with van der Waals surface area (Å²) in [5.41, 5.74) is -0.683. The third kappa shape index (κ3) is 2.06. The summed E-state index contributed by atoms with van der Waals surface area (Å²) in [6, 6.07) is 0. The van der Waals surface area contributed by atoms with E-state index in [4.69, 9.17) is 0 Å². The average molecular weight is 264 g/mol. The molecule has 2 amide bonds. The molecule has 1 aliphatic heterocycles. The van der Waals surface area contributed by atoms with Gasteiger partial charge in [-0.15, -0.1) is 10.2 Å². The van der Waals surface area contributed by atoms with E-state index in [9.17, 15) is 9.59 Å². The highest BCUT2D eigenvalue weighted by Crippen LogP contribution is 2.33. The summed E-state index contributed by atoms with van der Waals surface area (Å²) in [5.74, 6) is 0.334. The number of piperazine rings is 1. The van der Waals surface area contributed by atoms with Gasteiger partial charge in [0.1, 0.15) is 12.1 Å². The van der Waals surface area contributed by atoms with E-state index in [1.54, 1.807) is 7.05 Å². The van der Waals surface area contributed by atoms with Gasteiger partial charge in [-0.3, -0.25) is 9.59 Å². The summed E-state index contributed by atoms with van der Waals surface area (Å²) in [4.78, 5) is 27.2. The zero-order valence-corrected chi connectivity index (χ0v) is 10.8. The molecule has 0 aromatic carbocycles. The number of carbonyl (C=O) groups excluding carboxylic acids is 2. The van der Waals surface area contributed by atoms with Crippen molar-refractivity contribution in [3.05, 3.63) is 5.82 Å². The maximum Gasteiger partial charge on any atom is 0.249 e. The summed E-state index contributed by atoms with van der Waals surface area (Å²) in [5, 5.41) is 14.5. The van der Waals surface area contributed by atoms with Crippen molar-refractivity contribution in [3.63, 3.8) is 0 Å². The number of amides is 2. The van der Waals surface area contributed by atoms with Crippen molar-refractivity contribution in [3.8, 4) is 0 Å². The van der Waals surface area contributed by atoms with Crippen molar-refractivity contribution >= 4 is 11.8 Å². The molecule has 2 heterocycles. The summed E-state index contributed by atoms with van der Waals surface area (Å²) in [6.45, 7) is 0.306. The monoisotopic (exact) mass is 264 g/mol. The van der Waals surface area contributed by atoms with Crippen molar-refractivity contribution in [2.45, 2.75) is 37.8 Å². The molecule has 2 aliphatic rings. The van der Waals surface area contributed by atoms with Crippen LogP contribution < -0.4 is 5.32 Å². The number of nitrogens with one attached hydrogen (secondary N) is 1. The fraction of sp³-hybridized carbons (Fsp3) is 0.727. The average Bonchev–Trinajstić information content (AvgIpc) is 2.96. The molecule has 2 fully saturated rings. The van der Waals surface area contributed by atoms with E-state index in [2.05, 4.69) is 20.7 Å². The van der Waals surface area contributed by atoms with Crippen LogP contribution in [-0.4, -0.2) is 49.0 Å². The van der Waals surface area contributed by atoms with Gasteiger partial charge in [-0.25, -0.2) is 0 Å². The van der Waals surface area contributed by atoms with Crippen LogP contribution in [-0.2, 0) is 23.2 Å². The quantitative estimate of drug-likeness (QED) is 0.738. The number of carbonyl (C=O) groups is 2. The lowest BCUT2D eigenvalue weighted by atomic mass is 9.93. The fourth-order valence-electron chi connectivity index (χ4n) is 2.91. The number of nitrogens with zero attached hydrogens (tertiary/aromatic N) is 5. The third-order valence-corrected chi connectivity index (χ3v) is 3.75. The minimum Gasteiger partial charge on any atom is -0.340 e. The van der Waals surface area contributed by atoms with E-state index in [1.165, 1.54) is 9.70 Å².